The lowest BCUT2D eigenvalue weighted by Crippen LogP contribution is -2.28. The van der Waals surface area contributed by atoms with Gasteiger partial charge in [0.2, 0.25) is 5.91 Å². The van der Waals surface area contributed by atoms with Crippen molar-refractivity contribution in [2.45, 2.75) is 64.2 Å². The van der Waals surface area contributed by atoms with Crippen molar-refractivity contribution in [3.05, 3.63) is 40.7 Å². The summed E-state index contributed by atoms with van der Waals surface area (Å²) in [7, 11) is 0. The summed E-state index contributed by atoms with van der Waals surface area (Å²) >= 11 is 1.48. The molecule has 0 fully saturated rings. The Bertz CT molecular complexity index is 756. The summed E-state index contributed by atoms with van der Waals surface area (Å²) in [5.41, 5.74) is 3.65. The minimum absolute atomic E-state index is 0.00270. The number of thioether (sulfide) groups is 1. The van der Waals surface area contributed by atoms with E-state index in [-0.39, 0.29) is 11.9 Å². The van der Waals surface area contributed by atoms with Gasteiger partial charge in [0.25, 0.3) is 0 Å². The van der Waals surface area contributed by atoms with Crippen LogP contribution >= 0.6 is 11.8 Å². The van der Waals surface area contributed by atoms with Crippen LogP contribution in [0.15, 0.2) is 23.4 Å². The largest absolute Gasteiger partial charge is 0.349 e. The van der Waals surface area contributed by atoms with Crippen LogP contribution in [0.2, 0.25) is 0 Å². The molecule has 1 aromatic heterocycles. The average molecular weight is 359 g/mol. The third kappa shape index (κ3) is 4.42. The Labute approximate surface area is 153 Å². The minimum Gasteiger partial charge on any atom is -0.349 e. The predicted molar refractivity (Wildman–Crippen MR) is 101 cm³/mol. The maximum atomic E-state index is 12.3. The molecule has 0 saturated carbocycles. The maximum Gasteiger partial charge on any atom is 0.230 e. The summed E-state index contributed by atoms with van der Waals surface area (Å²) < 4.78 is 2.18. The second kappa shape index (κ2) is 8.04. The van der Waals surface area contributed by atoms with Gasteiger partial charge in [0.05, 0.1) is 11.8 Å². The maximum absolute atomic E-state index is 12.3. The number of aryl methyl sites for hydroxylation is 3. The van der Waals surface area contributed by atoms with Crippen molar-refractivity contribution in [2.75, 3.05) is 5.75 Å². The molecule has 5 nitrogen and oxygen atoms in total. The number of amides is 1. The van der Waals surface area contributed by atoms with Gasteiger partial charge in [-0.05, 0) is 50.3 Å². The Hall–Kier alpha value is -1.82. The normalized spacial score (nSPS) is 15.3. The highest BCUT2D eigenvalue weighted by Gasteiger charge is 2.17. The Morgan fingerprint density at radius 3 is 2.88 bits per heavy atom. The van der Waals surface area contributed by atoms with Crippen molar-refractivity contribution in [3.8, 4) is 0 Å². The molecule has 3 rings (SSSR count). The molecule has 134 valence electrons. The highest BCUT2D eigenvalue weighted by Crippen LogP contribution is 2.22. The quantitative estimate of drug-likeness (QED) is 0.830. The smallest absolute Gasteiger partial charge is 0.230 e. The first-order valence-electron chi connectivity index (χ1n) is 8.96. The van der Waals surface area contributed by atoms with Gasteiger partial charge in [0, 0.05) is 13.0 Å². The summed E-state index contributed by atoms with van der Waals surface area (Å²) in [5.74, 6) is 1.46. The number of fused-ring (bicyclic) bond motifs is 1. The first kappa shape index (κ1) is 18.0. The summed E-state index contributed by atoms with van der Waals surface area (Å²) in [6, 6.07) is 6.33. The number of hydrogen-bond acceptors (Lipinski definition) is 4. The van der Waals surface area contributed by atoms with Gasteiger partial charge in [0.15, 0.2) is 5.16 Å². The highest BCUT2D eigenvalue weighted by atomic mass is 32.2. The molecule has 0 aliphatic carbocycles. The van der Waals surface area contributed by atoms with Gasteiger partial charge in [-0.2, -0.15) is 0 Å². The molecular formula is C19H26N4OS. The minimum atomic E-state index is 0.00270. The van der Waals surface area contributed by atoms with Crippen LogP contribution < -0.4 is 5.32 Å². The lowest BCUT2D eigenvalue weighted by molar-refractivity contribution is -0.119. The fourth-order valence-corrected chi connectivity index (χ4v) is 3.89. The van der Waals surface area contributed by atoms with E-state index in [0.717, 1.165) is 35.9 Å². The number of rotatable bonds is 5. The molecule has 2 aromatic rings. The van der Waals surface area contributed by atoms with E-state index >= 15 is 0 Å². The first-order valence-corrected chi connectivity index (χ1v) is 9.94. The van der Waals surface area contributed by atoms with E-state index in [9.17, 15) is 4.79 Å². The van der Waals surface area contributed by atoms with E-state index in [0.29, 0.717) is 5.75 Å². The molecule has 1 N–H and O–H groups in total. The summed E-state index contributed by atoms with van der Waals surface area (Å²) in [6.45, 7) is 7.18. The van der Waals surface area contributed by atoms with Crippen molar-refractivity contribution < 1.29 is 4.79 Å². The number of benzene rings is 1. The summed E-state index contributed by atoms with van der Waals surface area (Å²) in [6.07, 6.45) is 4.57. The molecule has 1 aliphatic heterocycles. The van der Waals surface area contributed by atoms with Gasteiger partial charge in [0.1, 0.15) is 5.82 Å². The Morgan fingerprint density at radius 1 is 1.24 bits per heavy atom. The predicted octanol–water partition coefficient (Wildman–Crippen LogP) is 3.59. The summed E-state index contributed by atoms with van der Waals surface area (Å²) in [4.78, 5) is 12.3. The summed E-state index contributed by atoms with van der Waals surface area (Å²) in [5, 5.41) is 12.5. The van der Waals surface area contributed by atoms with E-state index in [2.05, 4.69) is 52.1 Å². The van der Waals surface area contributed by atoms with Crippen LogP contribution in [0.3, 0.4) is 0 Å². The van der Waals surface area contributed by atoms with Crippen molar-refractivity contribution in [2.24, 2.45) is 0 Å². The van der Waals surface area contributed by atoms with E-state index in [1.54, 1.807) is 0 Å². The zero-order valence-corrected chi connectivity index (χ0v) is 16.0. The zero-order valence-electron chi connectivity index (χ0n) is 15.2. The number of hydrogen-bond donors (Lipinski definition) is 1. The topological polar surface area (TPSA) is 59.8 Å². The molecule has 1 amide bonds. The molecule has 0 spiro atoms. The molecule has 0 radical (unpaired) electrons. The van der Waals surface area contributed by atoms with Crippen LogP contribution in [0.4, 0.5) is 0 Å². The standard InChI is InChI=1S/C19H26N4OS/c1-13-8-9-16(11-14(13)2)15(3)20-18(24)12-25-19-22-21-17-7-5-4-6-10-23(17)19/h8-9,11,15H,4-7,10,12H2,1-3H3,(H,20,24)/t15-/m0/s1. The van der Waals surface area contributed by atoms with Crippen LogP contribution in [-0.4, -0.2) is 26.4 Å². The van der Waals surface area contributed by atoms with Gasteiger partial charge in [-0.25, -0.2) is 0 Å². The van der Waals surface area contributed by atoms with Crippen molar-refractivity contribution in [1.82, 2.24) is 20.1 Å². The first-order chi connectivity index (χ1) is 12.0. The number of nitrogens with zero attached hydrogens (tertiary/aromatic N) is 3. The molecule has 1 aliphatic rings. The Kier molecular flexibility index (Phi) is 5.78. The molecule has 1 aromatic carbocycles. The molecule has 1 atom stereocenters. The molecule has 0 saturated heterocycles. The lowest BCUT2D eigenvalue weighted by Gasteiger charge is -2.15. The van der Waals surface area contributed by atoms with Gasteiger partial charge < -0.3 is 9.88 Å². The van der Waals surface area contributed by atoms with Crippen molar-refractivity contribution in [1.29, 1.82) is 0 Å². The van der Waals surface area contributed by atoms with Crippen molar-refractivity contribution in [3.63, 3.8) is 0 Å². The average Bonchev–Trinajstić information content (AvgIpc) is 2.82. The van der Waals surface area contributed by atoms with Crippen LogP contribution in [0, 0.1) is 13.8 Å². The molecule has 0 unspecified atom stereocenters. The second-order valence-electron chi connectivity index (χ2n) is 6.78. The van der Waals surface area contributed by atoms with Gasteiger partial charge in [-0.3, -0.25) is 4.79 Å². The number of carbonyl (C=O) groups is 1. The van der Waals surface area contributed by atoms with Crippen molar-refractivity contribution >= 4 is 17.7 Å². The Morgan fingerprint density at radius 2 is 2.08 bits per heavy atom. The highest BCUT2D eigenvalue weighted by molar-refractivity contribution is 7.99. The third-order valence-electron chi connectivity index (χ3n) is 4.82. The van der Waals surface area contributed by atoms with Gasteiger partial charge in [-0.1, -0.05) is 36.4 Å². The monoisotopic (exact) mass is 358 g/mol. The Balaban J connectivity index is 1.56. The molecule has 2 heterocycles. The van der Waals surface area contributed by atoms with Gasteiger partial charge in [-0.15, -0.1) is 10.2 Å². The third-order valence-corrected chi connectivity index (χ3v) is 5.78. The molecule has 25 heavy (non-hydrogen) atoms. The fourth-order valence-electron chi connectivity index (χ4n) is 3.10. The molecule has 6 heteroatoms. The van der Waals surface area contributed by atoms with Crippen LogP contribution in [0.1, 0.15) is 54.7 Å². The second-order valence-corrected chi connectivity index (χ2v) is 7.73. The van der Waals surface area contributed by atoms with E-state index in [1.807, 2.05) is 6.92 Å². The molecular weight excluding hydrogens is 332 g/mol. The number of carbonyl (C=O) groups excluding carboxylic acids is 1. The van der Waals surface area contributed by atoms with E-state index < -0.39 is 0 Å². The molecule has 0 bridgehead atoms. The fraction of sp³-hybridized carbons (Fsp3) is 0.526. The zero-order chi connectivity index (χ0) is 17.8. The number of aromatic nitrogens is 3. The van der Waals surface area contributed by atoms with Crippen LogP contribution in [-0.2, 0) is 17.8 Å². The van der Waals surface area contributed by atoms with Crippen LogP contribution in [0.5, 0.6) is 0 Å². The lowest BCUT2D eigenvalue weighted by atomic mass is 10.0. The van der Waals surface area contributed by atoms with E-state index in [1.165, 1.54) is 35.7 Å². The van der Waals surface area contributed by atoms with E-state index in [4.69, 9.17) is 0 Å². The van der Waals surface area contributed by atoms with Gasteiger partial charge >= 0.3 is 0 Å². The number of nitrogens with one attached hydrogen (secondary N) is 1. The SMILES string of the molecule is Cc1ccc([C@H](C)NC(=O)CSc2nnc3n2CCCCC3)cc1C. The van der Waals surface area contributed by atoms with Crippen LogP contribution in [0.25, 0.3) is 0 Å².